The summed E-state index contributed by atoms with van der Waals surface area (Å²) < 4.78 is 16.0. The van der Waals surface area contributed by atoms with Crippen molar-refractivity contribution in [1.29, 1.82) is 0 Å². The molecule has 0 fully saturated rings. The highest BCUT2D eigenvalue weighted by Crippen LogP contribution is 2.15. The Kier molecular flexibility index (Phi) is 14.0. The van der Waals surface area contributed by atoms with E-state index in [0.717, 1.165) is 11.1 Å². The summed E-state index contributed by atoms with van der Waals surface area (Å²) in [5.41, 5.74) is 4.28. The number of alkyl carbamates (subject to hydrolysis) is 1. The van der Waals surface area contributed by atoms with Crippen LogP contribution in [0.25, 0.3) is 0 Å². The Morgan fingerprint density at radius 1 is 0.894 bits per heavy atom. The number of carbonyl (C=O) groups excluding carboxylic acids is 3. The molecule has 0 bridgehead atoms. The van der Waals surface area contributed by atoms with Crippen molar-refractivity contribution in [2.75, 3.05) is 13.7 Å². The van der Waals surface area contributed by atoms with Crippen molar-refractivity contribution < 1.29 is 33.7 Å². The average Bonchev–Trinajstić information content (AvgIpc) is 3.02. The maximum atomic E-state index is 13.7. The van der Waals surface area contributed by atoms with E-state index in [2.05, 4.69) is 21.0 Å². The minimum Gasteiger partial charge on any atom is -0.497 e. The second kappa shape index (κ2) is 17.9. The van der Waals surface area contributed by atoms with E-state index < -0.39 is 41.9 Å². The van der Waals surface area contributed by atoms with Crippen LogP contribution < -0.4 is 20.8 Å². The SMILES string of the molecule is COc1ccc(CN(C[C@H](O)[C@H](Cc2ccccc2)NC(=O)[C@@H](NC(=O)OCc2ccccn2)C(C)C)NC(=O)OC(C)(C)C)cc1. The van der Waals surface area contributed by atoms with Gasteiger partial charge in [-0.05, 0) is 68.5 Å². The first-order valence-electron chi connectivity index (χ1n) is 15.6. The molecule has 3 amide bonds. The molecular formula is C35H47N5O7. The molecule has 254 valence electrons. The Labute approximate surface area is 276 Å². The molecular weight excluding hydrogens is 602 g/mol. The van der Waals surface area contributed by atoms with Crippen LogP contribution in [-0.2, 0) is 33.8 Å². The topological polar surface area (TPSA) is 151 Å². The zero-order valence-corrected chi connectivity index (χ0v) is 27.9. The first-order chi connectivity index (χ1) is 22.3. The summed E-state index contributed by atoms with van der Waals surface area (Å²) in [6, 6.07) is 20.2. The number of rotatable bonds is 15. The molecule has 0 saturated carbocycles. The van der Waals surface area contributed by atoms with Crippen molar-refractivity contribution in [3.63, 3.8) is 0 Å². The molecule has 1 heterocycles. The lowest BCUT2D eigenvalue weighted by Crippen LogP contribution is -2.57. The minimum absolute atomic E-state index is 0.0524. The molecule has 1 aromatic heterocycles. The predicted octanol–water partition coefficient (Wildman–Crippen LogP) is 4.37. The number of carbonyl (C=O) groups is 3. The lowest BCUT2D eigenvalue weighted by molar-refractivity contribution is -0.125. The van der Waals surface area contributed by atoms with Crippen LogP contribution in [0.4, 0.5) is 9.59 Å². The number of aliphatic hydroxyl groups is 1. The molecule has 47 heavy (non-hydrogen) atoms. The Bertz CT molecular complexity index is 1400. The summed E-state index contributed by atoms with van der Waals surface area (Å²) in [6.45, 7) is 8.99. The number of aromatic nitrogens is 1. The standard InChI is InChI=1S/C35H47N5O7/c1-24(2)31(38-33(43)46-23-27-14-10-11-19-36-27)32(42)37-29(20-25-12-8-7-9-13-25)30(41)22-40(39-34(44)47-35(3,4)5)21-26-15-17-28(45-6)18-16-26/h7-19,24,29-31,41H,20-23H2,1-6H3,(H,37,42)(H,38,43)(H,39,44)/t29-,30-,31-/m0/s1. The molecule has 0 unspecified atom stereocenters. The van der Waals surface area contributed by atoms with Gasteiger partial charge in [0.15, 0.2) is 0 Å². The first kappa shape index (κ1) is 36.8. The summed E-state index contributed by atoms with van der Waals surface area (Å²) in [7, 11) is 1.58. The third-order valence-electron chi connectivity index (χ3n) is 6.98. The van der Waals surface area contributed by atoms with E-state index in [1.54, 1.807) is 78.3 Å². The lowest BCUT2D eigenvalue weighted by Gasteiger charge is -2.32. The van der Waals surface area contributed by atoms with Crippen molar-refractivity contribution in [1.82, 2.24) is 26.1 Å². The molecule has 2 aromatic carbocycles. The van der Waals surface area contributed by atoms with Gasteiger partial charge in [0.25, 0.3) is 0 Å². The zero-order chi connectivity index (χ0) is 34.4. The highest BCUT2D eigenvalue weighted by molar-refractivity contribution is 5.86. The quantitative estimate of drug-likeness (QED) is 0.176. The van der Waals surface area contributed by atoms with Crippen LogP contribution in [0.2, 0.25) is 0 Å². The van der Waals surface area contributed by atoms with Crippen molar-refractivity contribution in [3.8, 4) is 5.75 Å². The summed E-state index contributed by atoms with van der Waals surface area (Å²) in [6.07, 6.45) is -0.727. The number of hydrogen-bond acceptors (Lipinski definition) is 9. The number of pyridine rings is 1. The van der Waals surface area contributed by atoms with Crippen molar-refractivity contribution >= 4 is 18.1 Å². The number of aliphatic hydroxyl groups excluding tert-OH is 1. The molecule has 3 aromatic rings. The number of hydrazine groups is 1. The number of nitrogens with one attached hydrogen (secondary N) is 3. The first-order valence-corrected chi connectivity index (χ1v) is 15.6. The molecule has 0 aliphatic heterocycles. The van der Waals surface area contributed by atoms with E-state index in [1.165, 1.54) is 5.01 Å². The van der Waals surface area contributed by atoms with Crippen LogP contribution in [-0.4, -0.2) is 70.6 Å². The molecule has 12 nitrogen and oxygen atoms in total. The van der Waals surface area contributed by atoms with Gasteiger partial charge in [0.1, 0.15) is 24.0 Å². The molecule has 3 rings (SSSR count). The van der Waals surface area contributed by atoms with Crippen LogP contribution in [0, 0.1) is 5.92 Å². The number of methoxy groups -OCH3 is 1. The van der Waals surface area contributed by atoms with Gasteiger partial charge in [0, 0.05) is 19.3 Å². The molecule has 0 spiro atoms. The van der Waals surface area contributed by atoms with Gasteiger partial charge in [0.2, 0.25) is 5.91 Å². The number of nitrogens with zero attached hydrogens (tertiary/aromatic N) is 2. The Morgan fingerprint density at radius 3 is 2.17 bits per heavy atom. The second-order valence-corrected chi connectivity index (χ2v) is 12.5. The Morgan fingerprint density at radius 2 is 1.57 bits per heavy atom. The zero-order valence-electron chi connectivity index (χ0n) is 27.9. The average molecular weight is 650 g/mol. The number of hydrogen-bond donors (Lipinski definition) is 4. The van der Waals surface area contributed by atoms with Gasteiger partial charge in [-0.2, -0.15) is 0 Å². The van der Waals surface area contributed by atoms with Crippen LogP contribution in [0.15, 0.2) is 79.0 Å². The van der Waals surface area contributed by atoms with Crippen LogP contribution >= 0.6 is 0 Å². The van der Waals surface area contributed by atoms with Crippen molar-refractivity contribution in [3.05, 3.63) is 95.8 Å². The highest BCUT2D eigenvalue weighted by atomic mass is 16.6. The third kappa shape index (κ3) is 13.3. The van der Waals surface area contributed by atoms with E-state index in [-0.39, 0.29) is 32.0 Å². The molecule has 0 aliphatic rings. The van der Waals surface area contributed by atoms with E-state index >= 15 is 0 Å². The van der Waals surface area contributed by atoms with Gasteiger partial charge in [0.05, 0.1) is 24.9 Å². The van der Waals surface area contributed by atoms with E-state index in [0.29, 0.717) is 11.4 Å². The fraction of sp³-hybridized carbons (Fsp3) is 0.429. The lowest BCUT2D eigenvalue weighted by atomic mass is 9.98. The molecule has 4 N–H and O–H groups in total. The summed E-state index contributed by atoms with van der Waals surface area (Å²) >= 11 is 0. The monoisotopic (exact) mass is 649 g/mol. The highest BCUT2D eigenvalue weighted by Gasteiger charge is 2.31. The summed E-state index contributed by atoms with van der Waals surface area (Å²) in [4.78, 5) is 43.2. The normalized spacial score (nSPS) is 13.3. The molecule has 0 saturated heterocycles. The predicted molar refractivity (Wildman–Crippen MR) is 177 cm³/mol. The van der Waals surface area contributed by atoms with Gasteiger partial charge in [-0.15, -0.1) is 0 Å². The van der Waals surface area contributed by atoms with Gasteiger partial charge in [-0.1, -0.05) is 62.4 Å². The minimum atomic E-state index is -1.16. The van der Waals surface area contributed by atoms with Crippen LogP contribution in [0.5, 0.6) is 5.75 Å². The van der Waals surface area contributed by atoms with E-state index in [4.69, 9.17) is 14.2 Å². The van der Waals surface area contributed by atoms with Crippen molar-refractivity contribution in [2.45, 2.75) is 78.0 Å². The van der Waals surface area contributed by atoms with Gasteiger partial charge in [-0.25, -0.2) is 14.6 Å². The van der Waals surface area contributed by atoms with Gasteiger partial charge < -0.3 is 30.0 Å². The Balaban J connectivity index is 1.78. The van der Waals surface area contributed by atoms with Crippen LogP contribution in [0.1, 0.15) is 51.4 Å². The summed E-state index contributed by atoms with van der Waals surface area (Å²) in [5, 5.41) is 18.8. The van der Waals surface area contributed by atoms with E-state index in [1.807, 2.05) is 42.5 Å². The maximum absolute atomic E-state index is 13.7. The molecule has 0 aliphatic carbocycles. The maximum Gasteiger partial charge on any atom is 0.422 e. The van der Waals surface area contributed by atoms with Crippen molar-refractivity contribution in [2.24, 2.45) is 5.92 Å². The largest absolute Gasteiger partial charge is 0.497 e. The molecule has 12 heteroatoms. The molecule has 3 atom stereocenters. The number of amides is 3. The molecule has 0 radical (unpaired) electrons. The summed E-state index contributed by atoms with van der Waals surface area (Å²) in [5.74, 6) is -0.107. The number of benzene rings is 2. The fourth-order valence-electron chi connectivity index (χ4n) is 4.63. The third-order valence-corrected chi connectivity index (χ3v) is 6.98. The van der Waals surface area contributed by atoms with Gasteiger partial charge in [-0.3, -0.25) is 15.2 Å². The van der Waals surface area contributed by atoms with E-state index in [9.17, 15) is 19.5 Å². The fourth-order valence-corrected chi connectivity index (χ4v) is 4.63. The number of ether oxygens (including phenoxy) is 3. The Hall–Kier alpha value is -4.68. The van der Waals surface area contributed by atoms with Crippen LogP contribution in [0.3, 0.4) is 0 Å². The smallest absolute Gasteiger partial charge is 0.422 e. The van der Waals surface area contributed by atoms with Gasteiger partial charge >= 0.3 is 12.2 Å². The second-order valence-electron chi connectivity index (χ2n) is 12.5.